The Hall–Kier alpha value is -1.73. The number of rotatable bonds is 13. The Morgan fingerprint density at radius 1 is 1.18 bits per heavy atom. The topological polar surface area (TPSA) is 122 Å². The number of esters is 1. The van der Waals surface area contributed by atoms with Crippen molar-refractivity contribution in [3.8, 4) is 0 Å². The summed E-state index contributed by atoms with van der Waals surface area (Å²) < 4.78 is 20.3. The molecule has 158 valence electrons. The molecule has 1 atom stereocenters. The lowest BCUT2D eigenvalue weighted by atomic mass is 10.0. The Labute approximate surface area is 165 Å². The van der Waals surface area contributed by atoms with E-state index in [4.69, 9.17) is 9.79 Å². The molecule has 0 aromatic heterocycles. The fourth-order valence-electron chi connectivity index (χ4n) is 2.71. The van der Waals surface area contributed by atoms with Gasteiger partial charge in [0.15, 0.2) is 0 Å². The molecule has 9 heteroatoms. The molecule has 0 saturated carbocycles. The van der Waals surface area contributed by atoms with Crippen LogP contribution in [0.4, 0.5) is 0 Å². The molecule has 8 nitrogen and oxygen atoms in total. The van der Waals surface area contributed by atoms with Crippen LogP contribution >= 0.6 is 7.82 Å². The van der Waals surface area contributed by atoms with Gasteiger partial charge in [-0.25, -0.2) is 4.57 Å². The Bertz CT molecular complexity index is 674. The van der Waals surface area contributed by atoms with Gasteiger partial charge in [-0.2, -0.15) is 0 Å². The summed E-state index contributed by atoms with van der Waals surface area (Å²) in [6.45, 7) is 1.74. The van der Waals surface area contributed by atoms with E-state index in [1.54, 1.807) is 24.3 Å². The standard InChI is InChI=1S/C19H30NO7P/c1-3-4-5-6-7-11-18(21)20-17(14-27-28(23,24)25)16-10-8-9-15(12-16)13-19(22)26-2/h8-10,12,17H,3-7,11,13-14H2,1-2H3,(H,20,21)(H2,23,24,25). The summed E-state index contributed by atoms with van der Waals surface area (Å²) in [4.78, 5) is 41.7. The molecule has 3 N–H and O–H groups in total. The molecule has 0 aliphatic rings. The van der Waals surface area contributed by atoms with E-state index in [1.165, 1.54) is 7.11 Å². The zero-order chi connectivity index (χ0) is 21.0. The van der Waals surface area contributed by atoms with Crippen molar-refractivity contribution < 1.29 is 33.2 Å². The second-order valence-corrected chi connectivity index (χ2v) is 7.81. The van der Waals surface area contributed by atoms with Crippen LogP contribution in [0.1, 0.15) is 62.6 Å². The Kier molecular flexibility index (Phi) is 11.0. The van der Waals surface area contributed by atoms with Crippen LogP contribution in [0.2, 0.25) is 0 Å². The predicted molar refractivity (Wildman–Crippen MR) is 104 cm³/mol. The number of unbranched alkanes of at least 4 members (excludes halogenated alkanes) is 4. The molecule has 1 aromatic carbocycles. The minimum atomic E-state index is -4.68. The Morgan fingerprint density at radius 3 is 2.54 bits per heavy atom. The lowest BCUT2D eigenvalue weighted by Gasteiger charge is -2.20. The number of phosphoric acid groups is 1. The number of phosphoric ester groups is 1. The Balaban J connectivity index is 2.79. The van der Waals surface area contributed by atoms with Crippen LogP contribution in [0, 0.1) is 0 Å². The molecule has 0 aliphatic carbocycles. The molecule has 0 bridgehead atoms. The molecule has 0 aliphatic heterocycles. The van der Waals surface area contributed by atoms with Gasteiger partial charge in [0.25, 0.3) is 0 Å². The number of carbonyl (C=O) groups is 2. The fraction of sp³-hybridized carbons (Fsp3) is 0.579. The summed E-state index contributed by atoms with van der Waals surface area (Å²) in [5.74, 6) is -0.620. The number of hydrogen-bond donors (Lipinski definition) is 3. The van der Waals surface area contributed by atoms with E-state index >= 15 is 0 Å². The molecule has 0 heterocycles. The summed E-state index contributed by atoms with van der Waals surface area (Å²) in [6, 6.07) is 6.09. The molecular weight excluding hydrogens is 385 g/mol. The van der Waals surface area contributed by atoms with Crippen LogP contribution in [0.25, 0.3) is 0 Å². The highest BCUT2D eigenvalue weighted by molar-refractivity contribution is 7.46. The molecule has 0 radical (unpaired) electrons. The van der Waals surface area contributed by atoms with Crippen LogP contribution in [0.15, 0.2) is 24.3 Å². The van der Waals surface area contributed by atoms with Gasteiger partial charge in [-0.3, -0.25) is 14.1 Å². The van der Waals surface area contributed by atoms with Crippen molar-refractivity contribution in [2.45, 2.75) is 57.9 Å². The lowest BCUT2D eigenvalue weighted by molar-refractivity contribution is -0.139. The number of amides is 1. The molecule has 1 rings (SSSR count). The molecule has 1 aromatic rings. The minimum Gasteiger partial charge on any atom is -0.469 e. The molecule has 28 heavy (non-hydrogen) atoms. The average molecular weight is 415 g/mol. The first-order valence-electron chi connectivity index (χ1n) is 9.40. The predicted octanol–water partition coefficient (Wildman–Crippen LogP) is 3.03. The van der Waals surface area contributed by atoms with Crippen molar-refractivity contribution in [2.24, 2.45) is 0 Å². The summed E-state index contributed by atoms with van der Waals surface area (Å²) in [7, 11) is -3.39. The first-order chi connectivity index (χ1) is 13.2. The van der Waals surface area contributed by atoms with Crippen LogP contribution in [0.5, 0.6) is 0 Å². The Morgan fingerprint density at radius 2 is 1.89 bits per heavy atom. The van der Waals surface area contributed by atoms with Crippen molar-refractivity contribution in [2.75, 3.05) is 13.7 Å². The fourth-order valence-corrected chi connectivity index (χ4v) is 3.05. The second kappa shape index (κ2) is 12.7. The smallest absolute Gasteiger partial charge is 0.469 e. The molecule has 0 fully saturated rings. The van der Waals surface area contributed by atoms with Gasteiger partial charge in [-0.1, -0.05) is 56.9 Å². The number of methoxy groups -OCH3 is 1. The number of ether oxygens (including phenoxy) is 1. The summed E-state index contributed by atoms with van der Waals surface area (Å²) in [6.07, 6.45) is 5.42. The minimum absolute atomic E-state index is 0.0573. The van der Waals surface area contributed by atoms with Crippen molar-refractivity contribution >= 4 is 19.7 Å². The SMILES string of the molecule is CCCCCCCC(=O)NC(COP(=O)(O)O)c1cccc(CC(=O)OC)c1. The van der Waals surface area contributed by atoms with Crippen LogP contribution in [-0.4, -0.2) is 35.4 Å². The van der Waals surface area contributed by atoms with Crippen LogP contribution in [0.3, 0.4) is 0 Å². The molecule has 1 unspecified atom stereocenters. The first kappa shape index (κ1) is 24.3. The van der Waals surface area contributed by atoms with Crippen molar-refractivity contribution in [1.82, 2.24) is 5.32 Å². The highest BCUT2D eigenvalue weighted by Gasteiger charge is 2.21. The summed E-state index contributed by atoms with van der Waals surface area (Å²) in [5, 5.41) is 2.77. The maximum atomic E-state index is 12.3. The van der Waals surface area contributed by atoms with Gasteiger partial charge in [-0.05, 0) is 17.5 Å². The van der Waals surface area contributed by atoms with Crippen LogP contribution < -0.4 is 5.32 Å². The third-order valence-electron chi connectivity index (χ3n) is 4.18. The van der Waals surface area contributed by atoms with E-state index in [0.29, 0.717) is 17.5 Å². The van der Waals surface area contributed by atoms with Gasteiger partial charge in [0.1, 0.15) is 0 Å². The van der Waals surface area contributed by atoms with Crippen molar-refractivity contribution in [3.63, 3.8) is 0 Å². The van der Waals surface area contributed by atoms with Gasteiger partial charge >= 0.3 is 13.8 Å². The largest absolute Gasteiger partial charge is 0.469 e. The third-order valence-corrected chi connectivity index (χ3v) is 4.67. The van der Waals surface area contributed by atoms with Gasteiger partial charge in [0.05, 0.1) is 26.2 Å². The zero-order valence-corrected chi connectivity index (χ0v) is 17.3. The maximum Gasteiger partial charge on any atom is 0.469 e. The quantitative estimate of drug-likeness (QED) is 0.257. The second-order valence-electron chi connectivity index (χ2n) is 6.57. The van der Waals surface area contributed by atoms with Gasteiger partial charge in [0, 0.05) is 6.42 Å². The highest BCUT2D eigenvalue weighted by Crippen LogP contribution is 2.37. The summed E-state index contributed by atoms with van der Waals surface area (Å²) >= 11 is 0. The van der Waals surface area contributed by atoms with Crippen molar-refractivity contribution in [1.29, 1.82) is 0 Å². The van der Waals surface area contributed by atoms with E-state index in [1.807, 2.05) is 0 Å². The van der Waals surface area contributed by atoms with E-state index < -0.39 is 19.8 Å². The van der Waals surface area contributed by atoms with Crippen molar-refractivity contribution in [3.05, 3.63) is 35.4 Å². The molecule has 0 saturated heterocycles. The van der Waals surface area contributed by atoms with Gasteiger partial charge < -0.3 is 19.8 Å². The molecule has 1 amide bonds. The molecule has 0 spiro atoms. The van der Waals surface area contributed by atoms with Crippen LogP contribution in [-0.2, 0) is 29.8 Å². The number of hydrogen-bond acceptors (Lipinski definition) is 5. The first-order valence-corrected chi connectivity index (χ1v) is 10.9. The summed E-state index contributed by atoms with van der Waals surface area (Å²) in [5.41, 5.74) is 1.26. The van der Waals surface area contributed by atoms with E-state index in [-0.39, 0.29) is 18.9 Å². The highest BCUT2D eigenvalue weighted by atomic mass is 31.2. The van der Waals surface area contributed by atoms with E-state index in [2.05, 4.69) is 21.5 Å². The zero-order valence-electron chi connectivity index (χ0n) is 16.4. The normalized spacial score (nSPS) is 12.4. The maximum absolute atomic E-state index is 12.3. The third kappa shape index (κ3) is 10.6. The van der Waals surface area contributed by atoms with E-state index in [9.17, 15) is 14.2 Å². The number of benzene rings is 1. The average Bonchev–Trinajstić information content (AvgIpc) is 2.64. The van der Waals surface area contributed by atoms with Gasteiger partial charge in [-0.15, -0.1) is 0 Å². The van der Waals surface area contributed by atoms with Gasteiger partial charge in [0.2, 0.25) is 5.91 Å². The lowest BCUT2D eigenvalue weighted by Crippen LogP contribution is -2.31. The van der Waals surface area contributed by atoms with E-state index in [0.717, 1.165) is 32.1 Å². The number of carbonyl (C=O) groups excluding carboxylic acids is 2. The monoisotopic (exact) mass is 415 g/mol. The molecular formula is C19H30NO7P. The number of nitrogens with one attached hydrogen (secondary N) is 1.